The first-order valence-corrected chi connectivity index (χ1v) is 11.3. The number of rotatable bonds is 2. The summed E-state index contributed by atoms with van der Waals surface area (Å²) in [5.74, 6) is -2.24. The number of halogens is 1. The van der Waals surface area contributed by atoms with E-state index in [1.165, 1.54) is 56.8 Å². The van der Waals surface area contributed by atoms with E-state index in [-0.39, 0.29) is 11.1 Å². The zero-order valence-electron chi connectivity index (χ0n) is 17.7. The second kappa shape index (κ2) is 9.13. The molecule has 0 heterocycles. The van der Waals surface area contributed by atoms with Gasteiger partial charge in [0.2, 0.25) is 0 Å². The Morgan fingerprint density at radius 2 is 1.50 bits per heavy atom. The topological polar surface area (TPSA) is 74.6 Å². The first-order valence-electron chi connectivity index (χ1n) is 10.5. The Morgan fingerprint density at radius 1 is 0.844 bits per heavy atom. The fourth-order valence-corrected chi connectivity index (χ4v) is 5.05. The van der Waals surface area contributed by atoms with E-state index < -0.39 is 11.9 Å². The van der Waals surface area contributed by atoms with Gasteiger partial charge in [-0.3, -0.25) is 0 Å². The van der Waals surface area contributed by atoms with Gasteiger partial charge in [-0.1, -0.05) is 58.4 Å². The predicted octanol–water partition coefficient (Wildman–Crippen LogP) is 4.54. The van der Waals surface area contributed by atoms with Gasteiger partial charge in [0, 0.05) is 10.9 Å². The maximum atomic E-state index is 10.5. The van der Waals surface area contributed by atoms with Crippen LogP contribution in [0.1, 0.15) is 50.2 Å². The van der Waals surface area contributed by atoms with Gasteiger partial charge >= 0.3 is 11.9 Å². The summed E-state index contributed by atoms with van der Waals surface area (Å²) in [5, 5.41) is 22.9. The molecule has 0 atom stereocenters. The van der Waals surface area contributed by atoms with Crippen molar-refractivity contribution in [3.8, 4) is 0 Å². The molecule has 4 nitrogen and oxygen atoms in total. The molecule has 32 heavy (non-hydrogen) atoms. The Balaban J connectivity index is 0.000000166. The largest absolute Gasteiger partial charge is 0.478 e. The predicted molar refractivity (Wildman–Crippen MR) is 128 cm³/mol. The fourth-order valence-electron chi connectivity index (χ4n) is 4.42. The van der Waals surface area contributed by atoms with Crippen molar-refractivity contribution in [1.29, 1.82) is 0 Å². The average Bonchev–Trinajstić information content (AvgIpc) is 2.79. The molecule has 2 aliphatic rings. The monoisotopic (exact) mass is 490 g/mol. The van der Waals surface area contributed by atoms with Crippen molar-refractivity contribution in [2.24, 2.45) is 0 Å². The second-order valence-electron chi connectivity index (χ2n) is 8.08. The molecule has 0 unspecified atom stereocenters. The van der Waals surface area contributed by atoms with Crippen molar-refractivity contribution in [1.82, 2.24) is 0 Å². The average molecular weight is 491 g/mol. The highest BCUT2D eigenvalue weighted by Crippen LogP contribution is 2.23. The lowest BCUT2D eigenvalue weighted by atomic mass is 9.89. The van der Waals surface area contributed by atoms with Crippen LogP contribution in [0.4, 0.5) is 0 Å². The van der Waals surface area contributed by atoms with Crippen LogP contribution >= 0.6 is 15.9 Å². The summed E-state index contributed by atoms with van der Waals surface area (Å²) in [5.41, 5.74) is 3.74. The van der Waals surface area contributed by atoms with Crippen LogP contribution < -0.4 is 10.4 Å². The van der Waals surface area contributed by atoms with Gasteiger partial charge in [0.25, 0.3) is 0 Å². The first-order chi connectivity index (χ1) is 15.3. The van der Waals surface area contributed by atoms with Crippen LogP contribution in [0.25, 0.3) is 10.6 Å². The van der Waals surface area contributed by atoms with E-state index in [0.717, 1.165) is 12.5 Å². The summed E-state index contributed by atoms with van der Waals surface area (Å²) < 4.78 is 1.33. The Hall–Kier alpha value is -3.18. The number of aryl methyl sites for hydroxylation is 1. The summed E-state index contributed by atoms with van der Waals surface area (Å²) in [6.07, 6.45) is 7.20. The summed E-state index contributed by atoms with van der Waals surface area (Å²) in [7, 11) is 0. The Morgan fingerprint density at radius 3 is 2.16 bits per heavy atom. The number of benzene rings is 3. The van der Waals surface area contributed by atoms with Gasteiger partial charge < -0.3 is 10.2 Å². The van der Waals surface area contributed by atoms with Crippen molar-refractivity contribution in [2.75, 3.05) is 0 Å². The molecule has 2 N–H and O–H groups in total. The molecule has 162 valence electrons. The highest BCUT2D eigenvalue weighted by atomic mass is 79.9. The minimum atomic E-state index is -1.12. The lowest BCUT2D eigenvalue weighted by molar-refractivity contribution is 0.0696. The molecule has 0 saturated heterocycles. The Bertz CT molecular complexity index is 1420. The van der Waals surface area contributed by atoms with E-state index in [9.17, 15) is 9.59 Å². The first kappa shape index (κ1) is 22.0. The molecule has 0 spiro atoms. The molecule has 3 aromatic rings. The number of carbonyl (C=O) groups is 2. The van der Waals surface area contributed by atoms with Gasteiger partial charge in [-0.25, -0.2) is 9.59 Å². The molecule has 0 aliphatic heterocycles. The van der Waals surface area contributed by atoms with Gasteiger partial charge in [-0.15, -0.1) is 0 Å². The van der Waals surface area contributed by atoms with E-state index >= 15 is 0 Å². The summed E-state index contributed by atoms with van der Waals surface area (Å²) in [6, 6.07) is 17.3. The number of aromatic carboxylic acids is 2. The normalized spacial score (nSPS) is 13.5. The van der Waals surface area contributed by atoms with Crippen molar-refractivity contribution in [3.63, 3.8) is 0 Å². The van der Waals surface area contributed by atoms with Gasteiger partial charge in [-0.2, -0.15) is 0 Å². The molecule has 0 fully saturated rings. The number of carboxylic acids is 2. The van der Waals surface area contributed by atoms with Crippen molar-refractivity contribution >= 4 is 38.4 Å². The van der Waals surface area contributed by atoms with Gasteiger partial charge in [0.15, 0.2) is 0 Å². The second-order valence-corrected chi connectivity index (χ2v) is 9.04. The van der Waals surface area contributed by atoms with Crippen LogP contribution in [0.2, 0.25) is 0 Å². The van der Waals surface area contributed by atoms with Crippen LogP contribution in [0.5, 0.6) is 0 Å². The maximum absolute atomic E-state index is 10.5. The third-order valence-electron chi connectivity index (χ3n) is 5.88. The minimum Gasteiger partial charge on any atom is -0.478 e. The zero-order valence-corrected chi connectivity index (χ0v) is 19.3. The molecular weight excluding hydrogens is 468 g/mol. The molecular formula is C27H23BrO4. The van der Waals surface area contributed by atoms with Crippen molar-refractivity contribution in [3.05, 3.63) is 103 Å². The highest BCUT2D eigenvalue weighted by molar-refractivity contribution is 9.14. The Kier molecular flexibility index (Phi) is 6.28. The molecule has 5 heteroatoms. The fraction of sp³-hybridized carbons (Fsp3) is 0.185. The summed E-state index contributed by atoms with van der Waals surface area (Å²) in [6.45, 7) is 1.65. The van der Waals surface area contributed by atoms with Gasteiger partial charge in [0.1, 0.15) is 0 Å². The molecule has 0 saturated carbocycles. The van der Waals surface area contributed by atoms with Crippen LogP contribution in [0.3, 0.4) is 0 Å². The third-order valence-corrected chi connectivity index (χ3v) is 6.58. The lowest BCUT2D eigenvalue weighted by Crippen LogP contribution is -2.20. The van der Waals surface area contributed by atoms with Crippen molar-refractivity contribution < 1.29 is 19.8 Å². The van der Waals surface area contributed by atoms with Crippen molar-refractivity contribution in [2.45, 2.75) is 32.6 Å². The van der Waals surface area contributed by atoms with Crippen LogP contribution in [0.15, 0.2) is 54.6 Å². The van der Waals surface area contributed by atoms with Gasteiger partial charge in [-0.05, 0) is 82.0 Å². The standard InChI is InChI=1S/C18H15Br.C9H8O4/c19-18-11-17-13-6-2-1-5-12(13)9-10-15(17)14-7-3-4-8-16(14)18;1-5-2-6(8(10)11)4-7(3-5)9(12)13/h3-5,7-10H,1-2,6,11H2;2-4H,1H3,(H,10,11)(H,12,13). The quantitative estimate of drug-likeness (QED) is 0.552. The molecule has 3 aromatic carbocycles. The smallest absolute Gasteiger partial charge is 0.335 e. The molecule has 2 aliphatic carbocycles. The van der Waals surface area contributed by atoms with Crippen LogP contribution in [-0.2, 0) is 12.8 Å². The summed E-state index contributed by atoms with van der Waals surface area (Å²) in [4.78, 5) is 21.1. The molecule has 0 radical (unpaired) electrons. The van der Waals surface area contributed by atoms with Crippen LogP contribution in [0, 0.1) is 17.4 Å². The van der Waals surface area contributed by atoms with E-state index in [0.29, 0.717) is 5.56 Å². The number of carboxylic acid groups (broad SMARTS) is 2. The lowest BCUT2D eigenvalue weighted by Gasteiger charge is -2.17. The van der Waals surface area contributed by atoms with E-state index in [1.54, 1.807) is 18.1 Å². The van der Waals surface area contributed by atoms with E-state index in [1.807, 2.05) is 0 Å². The molecule has 0 aromatic heterocycles. The summed E-state index contributed by atoms with van der Waals surface area (Å²) >= 11 is 3.79. The number of fused-ring (bicyclic) bond motifs is 4. The van der Waals surface area contributed by atoms with Crippen LogP contribution in [-0.4, -0.2) is 22.2 Å². The minimum absolute atomic E-state index is 0.00241. The highest BCUT2D eigenvalue weighted by Gasteiger charge is 2.14. The van der Waals surface area contributed by atoms with E-state index in [4.69, 9.17) is 10.2 Å². The number of hydrogen-bond donors (Lipinski definition) is 2. The third kappa shape index (κ3) is 4.39. The number of hydrogen-bond acceptors (Lipinski definition) is 2. The zero-order chi connectivity index (χ0) is 22.8. The van der Waals surface area contributed by atoms with E-state index in [2.05, 4.69) is 58.4 Å². The molecule has 5 rings (SSSR count). The molecule has 0 amide bonds. The Labute approximate surface area is 194 Å². The molecule has 0 bridgehead atoms. The SMILES string of the molecule is BrC1=c2ccccc2=c2ccc3c(c2C1)CCCC=3.Cc1cc(C(=O)O)cc(C(=O)O)c1. The van der Waals surface area contributed by atoms with Gasteiger partial charge in [0.05, 0.1) is 11.1 Å². The maximum Gasteiger partial charge on any atom is 0.335 e.